The van der Waals surface area contributed by atoms with Crippen molar-refractivity contribution in [2.75, 3.05) is 0 Å². The van der Waals surface area contributed by atoms with Crippen molar-refractivity contribution in [1.29, 1.82) is 0 Å². The highest BCUT2D eigenvalue weighted by Crippen LogP contribution is 2.39. The molecule has 2 saturated carbocycles. The molecule has 2 atom stereocenters. The Hall–Kier alpha value is -1.06. The van der Waals surface area contributed by atoms with E-state index in [1.54, 1.807) is 0 Å². The second-order valence-electron chi connectivity index (χ2n) is 4.74. The Balaban J connectivity index is 1.96. The van der Waals surface area contributed by atoms with Crippen molar-refractivity contribution in [1.82, 2.24) is 0 Å². The zero-order valence-corrected chi connectivity index (χ0v) is 9.15. The normalized spacial score (nSPS) is 33.5. The summed E-state index contributed by atoms with van der Waals surface area (Å²) in [5.74, 6) is 1.85. The lowest BCUT2D eigenvalue weighted by Gasteiger charge is -2.35. The molecule has 0 heterocycles. The van der Waals surface area contributed by atoms with Crippen LogP contribution < -0.4 is 11.5 Å². The van der Waals surface area contributed by atoms with Crippen molar-refractivity contribution in [2.45, 2.75) is 44.9 Å². The molecule has 0 aliphatic heterocycles. The SMILES string of the molecule is NC(N)=N/N=C1/CCC2CCCCC2C1. The van der Waals surface area contributed by atoms with E-state index in [2.05, 4.69) is 10.2 Å². The summed E-state index contributed by atoms with van der Waals surface area (Å²) < 4.78 is 0. The van der Waals surface area contributed by atoms with E-state index >= 15 is 0 Å². The average Bonchev–Trinajstić information content (AvgIpc) is 2.26. The van der Waals surface area contributed by atoms with Gasteiger partial charge in [0.05, 0.1) is 0 Å². The van der Waals surface area contributed by atoms with Gasteiger partial charge in [0.25, 0.3) is 0 Å². The number of hydrogen-bond donors (Lipinski definition) is 2. The Kier molecular flexibility index (Phi) is 3.23. The van der Waals surface area contributed by atoms with E-state index in [1.165, 1.54) is 37.8 Å². The number of guanidine groups is 1. The minimum atomic E-state index is 0.0632. The fraction of sp³-hybridized carbons (Fsp3) is 0.818. The van der Waals surface area contributed by atoms with Gasteiger partial charge >= 0.3 is 0 Å². The molecule has 2 rings (SSSR count). The summed E-state index contributed by atoms with van der Waals surface area (Å²) in [7, 11) is 0. The van der Waals surface area contributed by atoms with Crippen LogP contribution in [0.25, 0.3) is 0 Å². The molecule has 0 amide bonds. The van der Waals surface area contributed by atoms with Crippen molar-refractivity contribution in [3.05, 3.63) is 0 Å². The van der Waals surface area contributed by atoms with Crippen LogP contribution in [0.2, 0.25) is 0 Å². The van der Waals surface area contributed by atoms with Crippen LogP contribution in [0, 0.1) is 11.8 Å². The number of rotatable bonds is 1. The minimum absolute atomic E-state index is 0.0632. The maximum atomic E-state index is 5.26. The van der Waals surface area contributed by atoms with Gasteiger partial charge in [-0.3, -0.25) is 0 Å². The summed E-state index contributed by atoms with van der Waals surface area (Å²) >= 11 is 0. The molecule has 0 aromatic rings. The highest BCUT2D eigenvalue weighted by molar-refractivity contribution is 5.86. The summed E-state index contributed by atoms with van der Waals surface area (Å²) in [5, 5.41) is 7.87. The lowest BCUT2D eigenvalue weighted by Crippen LogP contribution is -2.28. The van der Waals surface area contributed by atoms with Gasteiger partial charge in [0, 0.05) is 5.71 Å². The van der Waals surface area contributed by atoms with Crippen LogP contribution in [0.4, 0.5) is 0 Å². The third-order valence-electron chi connectivity index (χ3n) is 3.67. The van der Waals surface area contributed by atoms with E-state index in [9.17, 15) is 0 Å². The Morgan fingerprint density at radius 2 is 1.80 bits per heavy atom. The fourth-order valence-electron chi connectivity index (χ4n) is 2.91. The Morgan fingerprint density at radius 3 is 2.53 bits per heavy atom. The predicted octanol–water partition coefficient (Wildman–Crippen LogP) is 1.61. The van der Waals surface area contributed by atoms with Crippen molar-refractivity contribution >= 4 is 11.7 Å². The van der Waals surface area contributed by atoms with Crippen LogP contribution in [0.15, 0.2) is 10.2 Å². The molecule has 15 heavy (non-hydrogen) atoms. The van der Waals surface area contributed by atoms with Gasteiger partial charge < -0.3 is 11.5 Å². The molecule has 0 radical (unpaired) electrons. The number of nitrogens with zero attached hydrogens (tertiary/aromatic N) is 2. The van der Waals surface area contributed by atoms with E-state index in [0.29, 0.717) is 0 Å². The second kappa shape index (κ2) is 4.64. The minimum Gasteiger partial charge on any atom is -0.369 e. The van der Waals surface area contributed by atoms with Crippen LogP contribution in [0.3, 0.4) is 0 Å². The van der Waals surface area contributed by atoms with Crippen LogP contribution >= 0.6 is 0 Å². The van der Waals surface area contributed by atoms with Crippen molar-refractivity contribution in [3.8, 4) is 0 Å². The largest absolute Gasteiger partial charge is 0.369 e. The molecular weight excluding hydrogens is 188 g/mol. The molecule has 4 N–H and O–H groups in total. The van der Waals surface area contributed by atoms with E-state index in [4.69, 9.17) is 11.5 Å². The number of hydrogen-bond acceptors (Lipinski definition) is 2. The first kappa shape index (κ1) is 10.5. The van der Waals surface area contributed by atoms with Gasteiger partial charge in [-0.05, 0) is 37.5 Å². The van der Waals surface area contributed by atoms with Crippen molar-refractivity contribution < 1.29 is 0 Å². The monoisotopic (exact) mass is 208 g/mol. The molecule has 2 aliphatic rings. The van der Waals surface area contributed by atoms with Crippen molar-refractivity contribution in [3.63, 3.8) is 0 Å². The highest BCUT2D eigenvalue weighted by atomic mass is 15.3. The standard InChI is InChI=1S/C11H20N4/c12-11(13)15-14-10-6-5-8-3-1-2-4-9(8)7-10/h8-9H,1-7H2,(H4,12,13,15)/b14-10-. The summed E-state index contributed by atoms with van der Waals surface area (Å²) in [6.07, 6.45) is 9.06. The lowest BCUT2D eigenvalue weighted by molar-refractivity contribution is 0.218. The molecule has 2 aliphatic carbocycles. The smallest absolute Gasteiger partial charge is 0.211 e. The van der Waals surface area contributed by atoms with Crippen LogP contribution in [0.5, 0.6) is 0 Å². The van der Waals surface area contributed by atoms with Gasteiger partial charge in [-0.2, -0.15) is 5.10 Å². The molecule has 0 saturated heterocycles. The number of fused-ring (bicyclic) bond motifs is 1. The highest BCUT2D eigenvalue weighted by Gasteiger charge is 2.30. The van der Waals surface area contributed by atoms with Gasteiger partial charge in [0.2, 0.25) is 5.96 Å². The molecular formula is C11H20N4. The van der Waals surface area contributed by atoms with E-state index in [-0.39, 0.29) is 5.96 Å². The molecule has 0 aromatic carbocycles. The molecule has 0 aromatic heterocycles. The number of nitrogens with two attached hydrogens (primary N) is 2. The molecule has 2 unspecified atom stereocenters. The molecule has 0 bridgehead atoms. The van der Waals surface area contributed by atoms with Crippen molar-refractivity contribution in [2.24, 2.45) is 33.5 Å². The summed E-state index contributed by atoms with van der Waals surface area (Å²) in [6.45, 7) is 0. The Bertz CT molecular complexity index is 278. The quantitative estimate of drug-likeness (QED) is 0.390. The molecule has 2 fully saturated rings. The van der Waals surface area contributed by atoms with Crippen LogP contribution in [-0.2, 0) is 0 Å². The van der Waals surface area contributed by atoms with Gasteiger partial charge in [-0.1, -0.05) is 19.3 Å². The van der Waals surface area contributed by atoms with Crippen LogP contribution in [-0.4, -0.2) is 11.7 Å². The zero-order valence-electron chi connectivity index (χ0n) is 9.15. The summed E-state index contributed by atoms with van der Waals surface area (Å²) in [5.41, 5.74) is 11.7. The van der Waals surface area contributed by atoms with Gasteiger partial charge in [-0.15, -0.1) is 5.10 Å². The first-order valence-corrected chi connectivity index (χ1v) is 5.90. The van der Waals surface area contributed by atoms with Gasteiger partial charge in [-0.25, -0.2) is 0 Å². The van der Waals surface area contributed by atoms with E-state index < -0.39 is 0 Å². The molecule has 0 spiro atoms. The third kappa shape index (κ3) is 2.70. The average molecular weight is 208 g/mol. The van der Waals surface area contributed by atoms with Gasteiger partial charge in [0.15, 0.2) is 0 Å². The predicted molar refractivity (Wildman–Crippen MR) is 62.5 cm³/mol. The van der Waals surface area contributed by atoms with Crippen LogP contribution in [0.1, 0.15) is 44.9 Å². The van der Waals surface area contributed by atoms with Gasteiger partial charge in [0.1, 0.15) is 0 Å². The second-order valence-corrected chi connectivity index (χ2v) is 4.74. The topological polar surface area (TPSA) is 76.8 Å². The Morgan fingerprint density at radius 1 is 1.07 bits per heavy atom. The lowest BCUT2D eigenvalue weighted by atomic mass is 9.70. The molecule has 4 heteroatoms. The zero-order chi connectivity index (χ0) is 10.7. The molecule has 84 valence electrons. The Labute approximate surface area is 90.8 Å². The maximum Gasteiger partial charge on any atom is 0.211 e. The first-order valence-electron chi connectivity index (χ1n) is 5.90. The summed E-state index contributed by atoms with van der Waals surface area (Å²) in [6, 6.07) is 0. The summed E-state index contributed by atoms with van der Waals surface area (Å²) in [4.78, 5) is 0. The maximum absolute atomic E-state index is 5.26. The molecule has 4 nitrogen and oxygen atoms in total. The fourth-order valence-corrected chi connectivity index (χ4v) is 2.91. The van der Waals surface area contributed by atoms with E-state index in [1.807, 2.05) is 0 Å². The van der Waals surface area contributed by atoms with E-state index in [0.717, 1.165) is 24.7 Å². The third-order valence-corrected chi connectivity index (χ3v) is 3.67. The first-order chi connectivity index (χ1) is 7.25.